The summed E-state index contributed by atoms with van der Waals surface area (Å²) in [4.78, 5) is 8.15. The topological polar surface area (TPSA) is 93.2 Å². The second kappa shape index (κ2) is 7.12. The van der Waals surface area contributed by atoms with Crippen LogP contribution in [0.25, 0.3) is 0 Å². The molecule has 1 rings (SSSR count). The molecular weight excluding hydrogens is 256 g/mol. The van der Waals surface area contributed by atoms with Crippen molar-refractivity contribution in [3.05, 3.63) is 12.3 Å². The highest BCUT2D eigenvalue weighted by Gasteiger charge is 2.00. The molecule has 1 aromatic rings. The fourth-order valence-electron chi connectivity index (χ4n) is 1.20. The Labute approximate surface area is 107 Å². The van der Waals surface area contributed by atoms with Crippen molar-refractivity contribution in [3.63, 3.8) is 0 Å². The smallest absolute Gasteiger partial charge is 0.225 e. The molecule has 1 aromatic heterocycles. The fourth-order valence-corrected chi connectivity index (χ4v) is 1.72. The molecule has 0 aliphatic heterocycles. The van der Waals surface area contributed by atoms with E-state index in [4.69, 9.17) is 4.74 Å². The molecule has 1 heterocycles. The quantitative estimate of drug-likeness (QED) is 0.659. The molecule has 0 amide bonds. The van der Waals surface area contributed by atoms with Gasteiger partial charge in [-0.1, -0.05) is 0 Å². The number of hydrogen-bond acceptors (Lipinski definition) is 6. The molecule has 0 unspecified atom stereocenters. The van der Waals surface area contributed by atoms with Crippen LogP contribution in [0.1, 0.15) is 13.3 Å². The lowest BCUT2D eigenvalue weighted by molar-refractivity contribution is 0.326. The van der Waals surface area contributed by atoms with E-state index in [0.29, 0.717) is 37.9 Å². The average molecular weight is 274 g/mol. The number of nitrogens with one attached hydrogen (secondary N) is 2. The summed E-state index contributed by atoms with van der Waals surface area (Å²) in [6.07, 6.45) is 3.39. The first-order valence-corrected chi connectivity index (χ1v) is 7.55. The van der Waals surface area contributed by atoms with Gasteiger partial charge in [-0.05, 0) is 13.3 Å². The first-order chi connectivity index (χ1) is 8.51. The summed E-state index contributed by atoms with van der Waals surface area (Å²) in [5.41, 5.74) is 0. The van der Waals surface area contributed by atoms with Crippen molar-refractivity contribution >= 4 is 16.0 Å². The molecule has 102 valence electrons. The number of aromatic nitrogens is 2. The van der Waals surface area contributed by atoms with E-state index >= 15 is 0 Å². The van der Waals surface area contributed by atoms with Crippen LogP contribution in [-0.4, -0.2) is 44.3 Å². The van der Waals surface area contributed by atoms with Crippen LogP contribution in [0.2, 0.25) is 0 Å². The van der Waals surface area contributed by atoms with Gasteiger partial charge in [0.2, 0.25) is 21.9 Å². The van der Waals surface area contributed by atoms with Crippen LogP contribution >= 0.6 is 0 Å². The molecular formula is C10H18N4O3S. The van der Waals surface area contributed by atoms with Crippen molar-refractivity contribution in [2.45, 2.75) is 13.3 Å². The second-order valence-corrected chi connectivity index (χ2v) is 5.43. The van der Waals surface area contributed by atoms with Crippen molar-refractivity contribution in [3.8, 4) is 5.88 Å². The zero-order chi connectivity index (χ0) is 13.4. The summed E-state index contributed by atoms with van der Waals surface area (Å²) in [6, 6.07) is 1.68. The van der Waals surface area contributed by atoms with E-state index in [-0.39, 0.29) is 0 Å². The maximum absolute atomic E-state index is 10.8. The molecule has 18 heavy (non-hydrogen) atoms. The molecule has 0 atom stereocenters. The molecule has 0 aliphatic rings. The molecule has 0 fully saturated rings. The standard InChI is InChI=1S/C10H18N4O3S/c1-3-17-9-5-8-12-10(14-9)11-6-4-7-13-18(2,15)16/h5,8,13H,3-4,6-7H2,1-2H3,(H,11,12,14). The van der Waals surface area contributed by atoms with Gasteiger partial charge in [-0.25, -0.2) is 18.1 Å². The van der Waals surface area contributed by atoms with Gasteiger partial charge in [0.25, 0.3) is 0 Å². The number of anilines is 1. The van der Waals surface area contributed by atoms with E-state index in [1.165, 1.54) is 0 Å². The largest absolute Gasteiger partial charge is 0.478 e. The van der Waals surface area contributed by atoms with E-state index in [2.05, 4.69) is 20.0 Å². The minimum atomic E-state index is -3.11. The minimum Gasteiger partial charge on any atom is -0.478 e. The third-order valence-electron chi connectivity index (χ3n) is 1.92. The summed E-state index contributed by atoms with van der Waals surface area (Å²) in [5, 5.41) is 2.99. The maximum Gasteiger partial charge on any atom is 0.225 e. The number of rotatable bonds is 8. The van der Waals surface area contributed by atoms with Crippen molar-refractivity contribution in [1.29, 1.82) is 0 Å². The lowest BCUT2D eigenvalue weighted by Crippen LogP contribution is -2.24. The van der Waals surface area contributed by atoms with E-state index in [0.717, 1.165) is 6.26 Å². The molecule has 0 aromatic carbocycles. The van der Waals surface area contributed by atoms with Gasteiger partial charge in [0.15, 0.2) is 0 Å². The zero-order valence-corrected chi connectivity index (χ0v) is 11.3. The van der Waals surface area contributed by atoms with E-state index in [1.54, 1.807) is 12.3 Å². The van der Waals surface area contributed by atoms with Crippen molar-refractivity contribution in [1.82, 2.24) is 14.7 Å². The van der Waals surface area contributed by atoms with Crippen LogP contribution in [0, 0.1) is 0 Å². The van der Waals surface area contributed by atoms with E-state index < -0.39 is 10.0 Å². The Kier molecular flexibility index (Phi) is 5.79. The molecule has 0 radical (unpaired) electrons. The minimum absolute atomic E-state index is 0.386. The predicted octanol–water partition coefficient (Wildman–Crippen LogP) is 0.226. The summed E-state index contributed by atoms with van der Waals surface area (Å²) in [5.74, 6) is 0.990. The van der Waals surface area contributed by atoms with Crippen LogP contribution in [0.4, 0.5) is 5.95 Å². The SMILES string of the molecule is CCOc1ccnc(NCCCNS(C)(=O)=O)n1. The van der Waals surface area contributed by atoms with Gasteiger partial charge in [-0.15, -0.1) is 0 Å². The molecule has 2 N–H and O–H groups in total. The van der Waals surface area contributed by atoms with Gasteiger partial charge in [0, 0.05) is 25.4 Å². The fraction of sp³-hybridized carbons (Fsp3) is 0.600. The Bertz CT molecular complexity index is 464. The van der Waals surface area contributed by atoms with Gasteiger partial charge < -0.3 is 10.1 Å². The van der Waals surface area contributed by atoms with Gasteiger partial charge in [-0.3, -0.25) is 0 Å². The summed E-state index contributed by atoms with van der Waals surface area (Å²) in [6.45, 7) is 3.40. The van der Waals surface area contributed by atoms with Crippen LogP contribution in [0.3, 0.4) is 0 Å². The highest BCUT2D eigenvalue weighted by molar-refractivity contribution is 7.88. The molecule has 0 aliphatic carbocycles. The summed E-state index contributed by atoms with van der Waals surface area (Å²) in [7, 11) is -3.11. The number of ether oxygens (including phenoxy) is 1. The second-order valence-electron chi connectivity index (χ2n) is 3.60. The summed E-state index contributed by atoms with van der Waals surface area (Å²) >= 11 is 0. The average Bonchev–Trinajstić information content (AvgIpc) is 2.28. The Hall–Kier alpha value is -1.41. The normalized spacial score (nSPS) is 11.2. The summed E-state index contributed by atoms with van der Waals surface area (Å²) < 4.78 is 29.3. The number of hydrogen-bond donors (Lipinski definition) is 2. The Morgan fingerprint density at radius 3 is 2.83 bits per heavy atom. The van der Waals surface area contributed by atoms with E-state index in [9.17, 15) is 8.42 Å². The molecule has 0 bridgehead atoms. The van der Waals surface area contributed by atoms with Crippen LogP contribution in [-0.2, 0) is 10.0 Å². The monoisotopic (exact) mass is 274 g/mol. The van der Waals surface area contributed by atoms with Gasteiger partial charge in [0.05, 0.1) is 12.9 Å². The van der Waals surface area contributed by atoms with Gasteiger partial charge in [0.1, 0.15) is 0 Å². The molecule has 0 saturated carbocycles. The van der Waals surface area contributed by atoms with Crippen molar-refractivity contribution in [2.75, 3.05) is 31.3 Å². The third kappa shape index (κ3) is 6.36. The predicted molar refractivity (Wildman–Crippen MR) is 69.2 cm³/mol. The van der Waals surface area contributed by atoms with Crippen LogP contribution in [0.5, 0.6) is 5.88 Å². The van der Waals surface area contributed by atoms with E-state index in [1.807, 2.05) is 6.92 Å². The first kappa shape index (κ1) is 14.7. The Morgan fingerprint density at radius 1 is 1.39 bits per heavy atom. The molecule has 8 heteroatoms. The lowest BCUT2D eigenvalue weighted by Gasteiger charge is -2.06. The van der Waals surface area contributed by atoms with Gasteiger partial charge >= 0.3 is 0 Å². The Morgan fingerprint density at radius 2 is 2.17 bits per heavy atom. The number of nitrogens with zero attached hydrogens (tertiary/aromatic N) is 2. The lowest BCUT2D eigenvalue weighted by atomic mass is 10.4. The highest BCUT2D eigenvalue weighted by Crippen LogP contribution is 2.07. The van der Waals surface area contributed by atoms with Crippen LogP contribution in [0.15, 0.2) is 12.3 Å². The molecule has 7 nitrogen and oxygen atoms in total. The van der Waals surface area contributed by atoms with Gasteiger partial charge in [-0.2, -0.15) is 4.98 Å². The third-order valence-corrected chi connectivity index (χ3v) is 2.65. The number of sulfonamides is 1. The highest BCUT2D eigenvalue weighted by atomic mass is 32.2. The Balaban J connectivity index is 2.28. The molecule has 0 saturated heterocycles. The maximum atomic E-state index is 10.8. The first-order valence-electron chi connectivity index (χ1n) is 5.65. The zero-order valence-electron chi connectivity index (χ0n) is 10.5. The molecule has 0 spiro atoms. The van der Waals surface area contributed by atoms with Crippen molar-refractivity contribution in [2.24, 2.45) is 0 Å². The van der Waals surface area contributed by atoms with Crippen molar-refractivity contribution < 1.29 is 13.2 Å². The van der Waals surface area contributed by atoms with Crippen LogP contribution < -0.4 is 14.8 Å².